The molecule has 0 bridgehead atoms. The number of aliphatic hydroxyl groups is 1. The maximum Gasteiger partial charge on any atom is 0.226 e. The number of nitrogens with zero attached hydrogens (tertiary/aromatic N) is 5. The minimum absolute atomic E-state index is 0.00195. The quantitative estimate of drug-likeness (QED) is 0.706. The molecule has 1 aromatic heterocycles. The SMILES string of the molecule is C[C@@H]1CN([C@@H](C)CO)C(=O)CCCn2nncc2CO[C@@H]1CN(C)C(=O)Cc1ccccc1. The molecule has 1 aliphatic rings. The van der Waals surface area contributed by atoms with Crippen molar-refractivity contribution in [2.45, 2.75) is 58.4 Å². The van der Waals surface area contributed by atoms with Gasteiger partial charge in [-0.2, -0.15) is 0 Å². The fraction of sp³-hybridized carbons (Fsp3) is 0.583. The van der Waals surface area contributed by atoms with E-state index in [1.165, 1.54) is 0 Å². The first-order valence-corrected chi connectivity index (χ1v) is 11.6. The number of likely N-dealkylation sites (N-methyl/N-ethyl adjacent to an activating group) is 1. The van der Waals surface area contributed by atoms with Crippen LogP contribution < -0.4 is 0 Å². The second kappa shape index (κ2) is 11.9. The number of carbonyl (C=O) groups is 2. The number of rotatable bonds is 6. The number of aliphatic hydroxyl groups excluding tert-OH is 1. The summed E-state index contributed by atoms with van der Waals surface area (Å²) in [6, 6.07) is 9.36. The molecule has 9 heteroatoms. The molecule has 1 aromatic carbocycles. The Balaban J connectivity index is 1.76. The first kappa shape index (κ1) is 24.9. The minimum Gasteiger partial charge on any atom is -0.394 e. The molecule has 2 heterocycles. The third-order valence-corrected chi connectivity index (χ3v) is 6.22. The summed E-state index contributed by atoms with van der Waals surface area (Å²) in [4.78, 5) is 29.2. The Bertz CT molecular complexity index is 903. The lowest BCUT2D eigenvalue weighted by atomic mass is 10.0. The molecule has 0 aliphatic carbocycles. The fourth-order valence-corrected chi connectivity index (χ4v) is 4.02. The van der Waals surface area contributed by atoms with Crippen LogP contribution in [0.1, 0.15) is 37.9 Å². The summed E-state index contributed by atoms with van der Waals surface area (Å²) < 4.78 is 8.05. The zero-order chi connectivity index (χ0) is 23.8. The molecule has 3 rings (SSSR count). The van der Waals surface area contributed by atoms with Gasteiger partial charge in [-0.25, -0.2) is 4.68 Å². The summed E-state index contributed by atoms with van der Waals surface area (Å²) in [6.45, 7) is 5.50. The predicted molar refractivity (Wildman–Crippen MR) is 123 cm³/mol. The summed E-state index contributed by atoms with van der Waals surface area (Å²) in [6.07, 6.45) is 2.70. The Morgan fingerprint density at radius 3 is 2.82 bits per heavy atom. The van der Waals surface area contributed by atoms with Crippen LogP contribution in [0.25, 0.3) is 0 Å². The van der Waals surface area contributed by atoms with Crippen LogP contribution in [0.4, 0.5) is 0 Å². The smallest absolute Gasteiger partial charge is 0.226 e. The van der Waals surface area contributed by atoms with Crippen molar-refractivity contribution in [2.75, 3.05) is 26.7 Å². The number of aromatic nitrogens is 3. The van der Waals surface area contributed by atoms with Gasteiger partial charge >= 0.3 is 0 Å². The summed E-state index contributed by atoms with van der Waals surface area (Å²) in [7, 11) is 1.78. The van der Waals surface area contributed by atoms with Crippen LogP contribution in [0.2, 0.25) is 0 Å². The number of benzene rings is 1. The molecule has 0 fully saturated rings. The van der Waals surface area contributed by atoms with Crippen LogP contribution >= 0.6 is 0 Å². The normalized spacial score (nSPS) is 21.0. The Labute approximate surface area is 195 Å². The molecule has 1 aliphatic heterocycles. The lowest BCUT2D eigenvalue weighted by Gasteiger charge is -2.35. The molecule has 3 atom stereocenters. The molecule has 33 heavy (non-hydrogen) atoms. The van der Waals surface area contributed by atoms with E-state index in [-0.39, 0.29) is 36.5 Å². The molecule has 2 aromatic rings. The molecular formula is C24H35N5O4. The van der Waals surface area contributed by atoms with Gasteiger partial charge in [0.1, 0.15) is 0 Å². The van der Waals surface area contributed by atoms with Gasteiger partial charge in [0.2, 0.25) is 11.8 Å². The summed E-state index contributed by atoms with van der Waals surface area (Å²) >= 11 is 0. The Morgan fingerprint density at radius 1 is 1.33 bits per heavy atom. The zero-order valence-electron chi connectivity index (χ0n) is 19.8. The van der Waals surface area contributed by atoms with Crippen molar-refractivity contribution in [1.29, 1.82) is 0 Å². The number of hydrogen-bond acceptors (Lipinski definition) is 6. The van der Waals surface area contributed by atoms with Gasteiger partial charge in [0.25, 0.3) is 0 Å². The number of aryl methyl sites for hydroxylation is 1. The second-order valence-electron chi connectivity index (χ2n) is 8.89. The van der Waals surface area contributed by atoms with Gasteiger partial charge in [-0.15, -0.1) is 5.10 Å². The molecular weight excluding hydrogens is 422 g/mol. The van der Waals surface area contributed by atoms with Crippen LogP contribution in [-0.4, -0.2) is 80.6 Å². The molecule has 9 nitrogen and oxygen atoms in total. The van der Waals surface area contributed by atoms with Crippen LogP contribution in [0.5, 0.6) is 0 Å². The van der Waals surface area contributed by atoms with E-state index in [1.54, 1.807) is 27.7 Å². The van der Waals surface area contributed by atoms with Gasteiger partial charge in [0, 0.05) is 39.0 Å². The highest BCUT2D eigenvalue weighted by molar-refractivity contribution is 5.78. The van der Waals surface area contributed by atoms with Crippen molar-refractivity contribution in [2.24, 2.45) is 5.92 Å². The summed E-state index contributed by atoms with van der Waals surface area (Å²) in [5.74, 6) is -0.0527. The Morgan fingerprint density at radius 2 is 2.09 bits per heavy atom. The van der Waals surface area contributed by atoms with E-state index in [4.69, 9.17) is 4.74 Å². The molecule has 0 radical (unpaired) electrons. The van der Waals surface area contributed by atoms with E-state index in [0.717, 1.165) is 11.3 Å². The highest BCUT2D eigenvalue weighted by Crippen LogP contribution is 2.18. The average molecular weight is 458 g/mol. The molecule has 2 amide bonds. The van der Waals surface area contributed by atoms with Gasteiger partial charge in [-0.05, 0) is 18.9 Å². The maximum atomic E-state index is 12.9. The highest BCUT2D eigenvalue weighted by Gasteiger charge is 2.29. The first-order chi connectivity index (χ1) is 15.9. The van der Waals surface area contributed by atoms with Crippen molar-refractivity contribution < 1.29 is 19.4 Å². The van der Waals surface area contributed by atoms with E-state index in [1.807, 2.05) is 44.2 Å². The van der Waals surface area contributed by atoms with E-state index in [2.05, 4.69) is 10.3 Å². The highest BCUT2D eigenvalue weighted by atomic mass is 16.5. The fourth-order valence-electron chi connectivity index (χ4n) is 4.02. The molecule has 0 saturated heterocycles. The zero-order valence-corrected chi connectivity index (χ0v) is 19.8. The number of carbonyl (C=O) groups excluding carboxylic acids is 2. The number of hydrogen-bond donors (Lipinski definition) is 1. The molecule has 0 saturated carbocycles. The van der Waals surface area contributed by atoms with Gasteiger partial charge in [-0.3, -0.25) is 9.59 Å². The largest absolute Gasteiger partial charge is 0.394 e. The van der Waals surface area contributed by atoms with Crippen LogP contribution in [0.3, 0.4) is 0 Å². The van der Waals surface area contributed by atoms with Crippen molar-refractivity contribution in [3.8, 4) is 0 Å². The van der Waals surface area contributed by atoms with Gasteiger partial charge in [-0.1, -0.05) is 42.5 Å². The third kappa shape index (κ3) is 6.85. The number of amides is 2. The van der Waals surface area contributed by atoms with E-state index >= 15 is 0 Å². The average Bonchev–Trinajstić information content (AvgIpc) is 3.26. The summed E-state index contributed by atoms with van der Waals surface area (Å²) in [5, 5.41) is 17.8. The third-order valence-electron chi connectivity index (χ3n) is 6.22. The predicted octanol–water partition coefficient (Wildman–Crippen LogP) is 1.50. The molecule has 1 N–H and O–H groups in total. The van der Waals surface area contributed by atoms with Gasteiger partial charge in [0.05, 0.1) is 43.7 Å². The minimum atomic E-state index is -0.307. The van der Waals surface area contributed by atoms with Crippen LogP contribution in [-0.2, 0) is 33.9 Å². The lowest BCUT2D eigenvalue weighted by Crippen LogP contribution is -2.48. The molecule has 0 unspecified atom stereocenters. The topological polar surface area (TPSA) is 101 Å². The van der Waals surface area contributed by atoms with E-state index in [0.29, 0.717) is 45.5 Å². The van der Waals surface area contributed by atoms with Crippen molar-refractivity contribution >= 4 is 11.8 Å². The van der Waals surface area contributed by atoms with E-state index in [9.17, 15) is 14.7 Å². The van der Waals surface area contributed by atoms with Crippen molar-refractivity contribution in [3.05, 3.63) is 47.8 Å². The van der Waals surface area contributed by atoms with Crippen molar-refractivity contribution in [3.63, 3.8) is 0 Å². The van der Waals surface area contributed by atoms with Crippen LogP contribution in [0.15, 0.2) is 36.5 Å². The second-order valence-corrected chi connectivity index (χ2v) is 8.89. The summed E-state index contributed by atoms with van der Waals surface area (Å²) in [5.41, 5.74) is 1.81. The van der Waals surface area contributed by atoms with E-state index < -0.39 is 0 Å². The molecule has 0 spiro atoms. The van der Waals surface area contributed by atoms with Gasteiger partial charge < -0.3 is 19.6 Å². The number of fused-ring (bicyclic) bond motifs is 1. The Hall–Kier alpha value is -2.78. The lowest BCUT2D eigenvalue weighted by molar-refractivity contribution is -0.138. The monoisotopic (exact) mass is 457 g/mol. The van der Waals surface area contributed by atoms with Crippen molar-refractivity contribution in [1.82, 2.24) is 24.8 Å². The standard InChI is InChI=1S/C24H35N5O4/c1-18-14-28(19(2)16-30)23(31)10-7-11-29-21(13-25-26-29)17-33-22(18)15-27(3)24(32)12-20-8-5-4-6-9-20/h4-6,8-9,13,18-19,22,30H,7,10-12,14-17H2,1-3H3/t18-,19+,22-/m1/s1. The van der Waals surface area contributed by atoms with Gasteiger partial charge in [0.15, 0.2) is 0 Å². The first-order valence-electron chi connectivity index (χ1n) is 11.6. The Kier molecular flexibility index (Phi) is 8.96. The van der Waals surface area contributed by atoms with Crippen LogP contribution in [0, 0.1) is 5.92 Å². The molecule has 180 valence electrons. The number of ether oxygens (including phenoxy) is 1. The maximum absolute atomic E-state index is 12.9.